The van der Waals surface area contributed by atoms with Crippen molar-refractivity contribution in [1.82, 2.24) is 15.1 Å². The number of amides is 1. The molecule has 3 rings (SSSR count). The maximum absolute atomic E-state index is 11.8. The normalized spacial score (nSPS) is 19.3. The molecule has 1 N–H and O–H groups in total. The first-order valence-corrected chi connectivity index (χ1v) is 10.0. The van der Waals surface area contributed by atoms with Gasteiger partial charge in [-0.3, -0.25) is 4.79 Å². The largest absolute Gasteiger partial charge is 0.357 e. The lowest BCUT2D eigenvalue weighted by Gasteiger charge is -2.33. The van der Waals surface area contributed by atoms with E-state index < -0.39 is 0 Å². The van der Waals surface area contributed by atoms with Crippen molar-refractivity contribution in [3.63, 3.8) is 0 Å². The van der Waals surface area contributed by atoms with E-state index in [1.165, 1.54) is 24.0 Å². The van der Waals surface area contributed by atoms with Gasteiger partial charge in [-0.05, 0) is 43.2 Å². The van der Waals surface area contributed by atoms with Gasteiger partial charge in [-0.2, -0.15) is 0 Å². The minimum absolute atomic E-state index is 0.282. The molecule has 0 aliphatic carbocycles. The fourth-order valence-electron chi connectivity index (χ4n) is 3.65. The summed E-state index contributed by atoms with van der Waals surface area (Å²) in [4.78, 5) is 20.9. The standard InChI is InChI=1S/C21H32N4O/c1-3-22-21(24-13-10-17(2)11-14-24)23-15-18-6-8-19(9-7-18)16-25-12-4-5-20(25)26/h6-9,17H,3-5,10-16H2,1-2H3,(H,22,23). The Morgan fingerprint density at radius 1 is 1.15 bits per heavy atom. The zero-order valence-electron chi connectivity index (χ0n) is 16.2. The van der Waals surface area contributed by atoms with Crippen LogP contribution in [0.15, 0.2) is 29.3 Å². The molecule has 2 aliphatic rings. The summed E-state index contributed by atoms with van der Waals surface area (Å²) in [6, 6.07) is 8.54. The summed E-state index contributed by atoms with van der Waals surface area (Å²) >= 11 is 0. The van der Waals surface area contributed by atoms with Crippen LogP contribution in [0.4, 0.5) is 0 Å². The molecule has 0 spiro atoms. The average Bonchev–Trinajstić information content (AvgIpc) is 3.05. The first kappa shape index (κ1) is 18.7. The number of benzene rings is 1. The molecule has 0 aromatic heterocycles. The topological polar surface area (TPSA) is 47.9 Å². The maximum Gasteiger partial charge on any atom is 0.222 e. The average molecular weight is 357 g/mol. The van der Waals surface area contributed by atoms with Gasteiger partial charge in [0.2, 0.25) is 5.91 Å². The molecular formula is C21H32N4O. The summed E-state index contributed by atoms with van der Waals surface area (Å²) in [5.74, 6) is 2.14. The zero-order chi connectivity index (χ0) is 18.4. The number of rotatable bonds is 5. The van der Waals surface area contributed by atoms with Gasteiger partial charge in [0, 0.05) is 39.1 Å². The van der Waals surface area contributed by atoms with E-state index in [0.29, 0.717) is 13.0 Å². The van der Waals surface area contributed by atoms with Crippen molar-refractivity contribution in [2.24, 2.45) is 10.9 Å². The van der Waals surface area contributed by atoms with Crippen LogP contribution < -0.4 is 5.32 Å². The number of carbonyl (C=O) groups excluding carboxylic acids is 1. The van der Waals surface area contributed by atoms with Crippen LogP contribution in [-0.2, 0) is 17.9 Å². The van der Waals surface area contributed by atoms with Crippen molar-refractivity contribution in [3.8, 4) is 0 Å². The van der Waals surface area contributed by atoms with Crippen molar-refractivity contribution < 1.29 is 4.79 Å². The molecular weight excluding hydrogens is 324 g/mol. The van der Waals surface area contributed by atoms with Gasteiger partial charge < -0.3 is 15.1 Å². The highest BCUT2D eigenvalue weighted by Crippen LogP contribution is 2.17. The highest BCUT2D eigenvalue weighted by atomic mass is 16.2. The highest BCUT2D eigenvalue weighted by Gasteiger charge is 2.20. The van der Waals surface area contributed by atoms with Gasteiger partial charge in [0.05, 0.1) is 6.54 Å². The van der Waals surface area contributed by atoms with Gasteiger partial charge >= 0.3 is 0 Å². The third-order valence-corrected chi connectivity index (χ3v) is 5.40. The summed E-state index contributed by atoms with van der Waals surface area (Å²) < 4.78 is 0. The monoisotopic (exact) mass is 356 g/mol. The van der Waals surface area contributed by atoms with Crippen LogP contribution in [0.2, 0.25) is 0 Å². The van der Waals surface area contributed by atoms with Gasteiger partial charge in [0.1, 0.15) is 0 Å². The second kappa shape index (κ2) is 9.06. The summed E-state index contributed by atoms with van der Waals surface area (Å²) in [5.41, 5.74) is 2.41. The van der Waals surface area contributed by atoms with Crippen LogP contribution in [0.3, 0.4) is 0 Å². The number of nitrogens with one attached hydrogen (secondary N) is 1. The van der Waals surface area contributed by atoms with E-state index in [9.17, 15) is 4.79 Å². The maximum atomic E-state index is 11.8. The summed E-state index contributed by atoms with van der Waals surface area (Å²) in [7, 11) is 0. The molecule has 2 aliphatic heterocycles. The van der Waals surface area contributed by atoms with Crippen LogP contribution >= 0.6 is 0 Å². The van der Waals surface area contributed by atoms with Gasteiger partial charge in [0.15, 0.2) is 5.96 Å². The van der Waals surface area contributed by atoms with E-state index >= 15 is 0 Å². The number of piperidine rings is 1. The van der Waals surface area contributed by atoms with Crippen LogP contribution in [0, 0.1) is 5.92 Å². The Bertz CT molecular complexity index is 617. The minimum atomic E-state index is 0.282. The zero-order valence-corrected chi connectivity index (χ0v) is 16.2. The molecule has 0 unspecified atom stereocenters. The molecule has 2 fully saturated rings. The van der Waals surface area contributed by atoms with Gasteiger partial charge in [-0.15, -0.1) is 0 Å². The molecule has 1 aromatic rings. The van der Waals surface area contributed by atoms with E-state index in [1.54, 1.807) is 0 Å². The van der Waals surface area contributed by atoms with Crippen LogP contribution in [0.5, 0.6) is 0 Å². The van der Waals surface area contributed by atoms with Crippen LogP contribution in [-0.4, -0.2) is 47.8 Å². The number of guanidine groups is 1. The Hall–Kier alpha value is -2.04. The molecule has 0 radical (unpaired) electrons. The minimum Gasteiger partial charge on any atom is -0.357 e. The lowest BCUT2D eigenvalue weighted by molar-refractivity contribution is -0.128. The van der Waals surface area contributed by atoms with Gasteiger partial charge in [-0.1, -0.05) is 31.2 Å². The Labute approximate surface area is 157 Å². The SMILES string of the molecule is CCNC(=NCc1ccc(CN2CCCC2=O)cc1)N1CCC(C)CC1. The Balaban J connectivity index is 1.57. The number of hydrogen-bond acceptors (Lipinski definition) is 2. The van der Waals surface area contributed by atoms with Crippen molar-refractivity contribution in [2.45, 2.75) is 52.6 Å². The molecule has 2 heterocycles. The summed E-state index contributed by atoms with van der Waals surface area (Å²) in [6.07, 6.45) is 4.19. The molecule has 5 heteroatoms. The number of aliphatic imine (C=N–C) groups is 1. The van der Waals surface area contributed by atoms with Gasteiger partial charge in [-0.25, -0.2) is 4.99 Å². The molecule has 0 bridgehead atoms. The summed E-state index contributed by atoms with van der Waals surface area (Å²) in [5, 5.41) is 3.43. The quantitative estimate of drug-likeness (QED) is 0.652. The Morgan fingerprint density at radius 3 is 2.46 bits per heavy atom. The first-order chi connectivity index (χ1) is 12.7. The molecule has 2 saturated heterocycles. The molecule has 5 nitrogen and oxygen atoms in total. The van der Waals surface area contributed by atoms with Crippen LogP contribution in [0.25, 0.3) is 0 Å². The third-order valence-electron chi connectivity index (χ3n) is 5.40. The fraction of sp³-hybridized carbons (Fsp3) is 0.619. The second-order valence-corrected chi connectivity index (χ2v) is 7.58. The molecule has 1 aromatic carbocycles. The van der Waals surface area contributed by atoms with E-state index in [2.05, 4.69) is 48.3 Å². The Kier molecular flexibility index (Phi) is 6.53. The molecule has 0 saturated carbocycles. The van der Waals surface area contributed by atoms with Gasteiger partial charge in [0.25, 0.3) is 0 Å². The Morgan fingerprint density at radius 2 is 1.85 bits per heavy atom. The fourth-order valence-corrected chi connectivity index (χ4v) is 3.65. The summed E-state index contributed by atoms with van der Waals surface area (Å²) in [6.45, 7) is 9.86. The molecule has 1 amide bonds. The van der Waals surface area contributed by atoms with E-state index in [4.69, 9.17) is 4.99 Å². The van der Waals surface area contributed by atoms with Crippen molar-refractivity contribution >= 4 is 11.9 Å². The highest BCUT2D eigenvalue weighted by molar-refractivity contribution is 5.80. The lowest BCUT2D eigenvalue weighted by atomic mass is 10.00. The number of likely N-dealkylation sites (tertiary alicyclic amines) is 2. The molecule has 142 valence electrons. The van der Waals surface area contributed by atoms with Crippen molar-refractivity contribution in [1.29, 1.82) is 0 Å². The van der Waals surface area contributed by atoms with E-state index in [0.717, 1.165) is 51.0 Å². The molecule has 0 atom stereocenters. The molecule has 26 heavy (non-hydrogen) atoms. The van der Waals surface area contributed by atoms with E-state index in [-0.39, 0.29) is 5.91 Å². The number of nitrogens with zero attached hydrogens (tertiary/aromatic N) is 3. The lowest BCUT2D eigenvalue weighted by Crippen LogP contribution is -2.45. The third kappa shape index (κ3) is 4.99. The van der Waals surface area contributed by atoms with Crippen LogP contribution in [0.1, 0.15) is 50.7 Å². The number of hydrogen-bond donors (Lipinski definition) is 1. The second-order valence-electron chi connectivity index (χ2n) is 7.58. The predicted octanol–water partition coefficient (Wildman–Crippen LogP) is 3.01. The predicted molar refractivity (Wildman–Crippen MR) is 106 cm³/mol. The number of carbonyl (C=O) groups is 1. The first-order valence-electron chi connectivity index (χ1n) is 10.0. The van der Waals surface area contributed by atoms with Crippen molar-refractivity contribution in [2.75, 3.05) is 26.2 Å². The van der Waals surface area contributed by atoms with E-state index in [1.807, 2.05) is 4.90 Å². The smallest absolute Gasteiger partial charge is 0.222 e. The van der Waals surface area contributed by atoms with Crippen molar-refractivity contribution in [3.05, 3.63) is 35.4 Å².